The molecule has 198 valence electrons. The molecule has 0 amide bonds. The number of aliphatic hydroxyl groups is 2. The molecule has 2 N–H and O–H groups in total. The lowest BCUT2D eigenvalue weighted by Gasteiger charge is -2.53. The zero-order valence-corrected chi connectivity index (χ0v) is 22.9. The summed E-state index contributed by atoms with van der Waals surface area (Å²) in [4.78, 5) is 0. The summed E-state index contributed by atoms with van der Waals surface area (Å²) < 4.78 is 0. The van der Waals surface area contributed by atoms with E-state index in [9.17, 15) is 5.11 Å². The summed E-state index contributed by atoms with van der Waals surface area (Å²) in [7, 11) is 0. The minimum absolute atomic E-state index is 0. The zero-order valence-electron chi connectivity index (χ0n) is 22.9. The highest BCUT2D eigenvalue weighted by molar-refractivity contribution is 5.37. The van der Waals surface area contributed by atoms with Crippen molar-refractivity contribution >= 4 is 0 Å². The first-order valence-corrected chi connectivity index (χ1v) is 14.2. The molecule has 3 saturated carbocycles. The van der Waals surface area contributed by atoms with E-state index in [1.165, 1.54) is 64.2 Å². The Morgan fingerprint density at radius 1 is 1.00 bits per heavy atom. The lowest BCUT2D eigenvalue weighted by Crippen LogP contribution is -2.45. The van der Waals surface area contributed by atoms with Crippen molar-refractivity contribution in [3.63, 3.8) is 0 Å². The van der Waals surface area contributed by atoms with Gasteiger partial charge in [-0.1, -0.05) is 90.5 Å². The zero-order chi connectivity index (χ0) is 24.4. The van der Waals surface area contributed by atoms with Crippen LogP contribution in [0.2, 0.25) is 0 Å². The molecule has 2 heteroatoms. The van der Waals surface area contributed by atoms with Gasteiger partial charge >= 0.3 is 0 Å². The van der Waals surface area contributed by atoms with Crippen molar-refractivity contribution in [3.05, 3.63) is 23.3 Å². The second kappa shape index (κ2) is 11.6. The van der Waals surface area contributed by atoms with Crippen LogP contribution in [0.4, 0.5) is 0 Å². The molecule has 0 spiro atoms. The average molecular weight is 475 g/mol. The van der Waals surface area contributed by atoms with Crippen LogP contribution in [-0.4, -0.2) is 21.9 Å². The molecule has 3 fully saturated rings. The summed E-state index contributed by atoms with van der Waals surface area (Å²) in [5.41, 5.74) is 3.68. The van der Waals surface area contributed by atoms with Gasteiger partial charge in [-0.25, -0.2) is 0 Å². The van der Waals surface area contributed by atoms with Crippen LogP contribution in [0.25, 0.3) is 0 Å². The summed E-state index contributed by atoms with van der Waals surface area (Å²) >= 11 is 0. The molecule has 4 rings (SSSR count). The molecule has 7 unspecified atom stereocenters. The predicted molar refractivity (Wildman–Crippen MR) is 148 cm³/mol. The maximum absolute atomic E-state index is 10.2. The van der Waals surface area contributed by atoms with E-state index in [1.807, 2.05) is 5.57 Å². The van der Waals surface area contributed by atoms with Crippen molar-refractivity contribution in [2.24, 2.45) is 34.5 Å². The van der Waals surface area contributed by atoms with Crippen molar-refractivity contribution in [1.82, 2.24) is 0 Å². The lowest BCUT2D eigenvalue weighted by molar-refractivity contribution is 0.0128. The number of aliphatic hydroxyl groups excluding tert-OH is 1. The first kappa shape index (κ1) is 29.6. The second-order valence-corrected chi connectivity index (χ2v) is 13.5. The number of rotatable bonds is 4. The third kappa shape index (κ3) is 6.39. The van der Waals surface area contributed by atoms with Gasteiger partial charge in [-0.15, -0.1) is 0 Å². The van der Waals surface area contributed by atoms with E-state index in [4.69, 9.17) is 5.11 Å². The summed E-state index contributed by atoms with van der Waals surface area (Å²) in [5, 5.41) is 18.8. The smallest absolute Gasteiger partial charge is 0.0578 e. The third-order valence-corrected chi connectivity index (χ3v) is 9.80. The fourth-order valence-electron chi connectivity index (χ4n) is 8.11. The van der Waals surface area contributed by atoms with Crippen LogP contribution in [0.3, 0.4) is 0 Å². The Hall–Kier alpha value is -0.600. The lowest BCUT2D eigenvalue weighted by atomic mass is 9.51. The average Bonchev–Trinajstić information content (AvgIpc) is 2.87. The number of fused-ring (bicyclic) bond motifs is 5. The van der Waals surface area contributed by atoms with Gasteiger partial charge in [0.05, 0.1) is 11.7 Å². The number of hydrogen-bond acceptors (Lipinski definition) is 2. The molecule has 0 aromatic heterocycles. The molecule has 34 heavy (non-hydrogen) atoms. The molecule has 0 aromatic rings. The Labute approximate surface area is 212 Å². The third-order valence-electron chi connectivity index (χ3n) is 9.80. The highest BCUT2D eigenvalue weighted by Gasteiger charge is 2.53. The minimum Gasteiger partial charge on any atom is -0.393 e. The van der Waals surface area contributed by atoms with E-state index in [0.29, 0.717) is 10.8 Å². The molecular weight excluding hydrogens is 416 g/mol. The first-order chi connectivity index (χ1) is 15.4. The summed E-state index contributed by atoms with van der Waals surface area (Å²) in [6.07, 6.45) is 20.6. The summed E-state index contributed by atoms with van der Waals surface area (Å²) in [5.74, 6) is 3.31. The van der Waals surface area contributed by atoms with Gasteiger partial charge in [0.15, 0.2) is 0 Å². The van der Waals surface area contributed by atoms with Gasteiger partial charge in [0.1, 0.15) is 0 Å². The van der Waals surface area contributed by atoms with Gasteiger partial charge in [-0.05, 0) is 100 Å². The fraction of sp³-hybridized carbons (Fsp3) is 0.875. The fourth-order valence-corrected chi connectivity index (χ4v) is 8.11. The standard InChI is InChI=1S/C27H44O.C4H10O.CH4/c1-5-6-9-19(2)23-10-7-11-25-22-14-13-20-18-21(28)15-17-26(20,3)24(22)12-8-16-27(23,25)4;1-4(2,3)5;/h13-14,19,21,23-25,28H,5-12,15-18H2,1-4H3;5H,1-3H3;1H4. The molecule has 2 nitrogen and oxygen atoms in total. The molecule has 7 atom stereocenters. The van der Waals surface area contributed by atoms with E-state index >= 15 is 0 Å². The van der Waals surface area contributed by atoms with Crippen LogP contribution < -0.4 is 0 Å². The topological polar surface area (TPSA) is 40.5 Å². The summed E-state index contributed by atoms with van der Waals surface area (Å²) in [6, 6.07) is 0. The SMILES string of the molecule is C.CC(C)(C)O.CCCCC(C)C1CCCC2C3=CC=C4CC(O)CCC4(C)C3CCCC21C. The summed E-state index contributed by atoms with van der Waals surface area (Å²) in [6.45, 7) is 15.3. The van der Waals surface area contributed by atoms with Crippen LogP contribution in [0.15, 0.2) is 23.3 Å². The van der Waals surface area contributed by atoms with Gasteiger partial charge in [-0.2, -0.15) is 0 Å². The van der Waals surface area contributed by atoms with Gasteiger partial charge in [-0.3, -0.25) is 0 Å². The van der Waals surface area contributed by atoms with Crippen LogP contribution in [-0.2, 0) is 0 Å². The molecule has 0 bridgehead atoms. The number of hydrogen-bond donors (Lipinski definition) is 2. The van der Waals surface area contributed by atoms with Crippen LogP contribution in [0.1, 0.15) is 133 Å². The van der Waals surface area contributed by atoms with Gasteiger partial charge < -0.3 is 10.2 Å². The van der Waals surface area contributed by atoms with E-state index in [2.05, 4.69) is 39.8 Å². The molecule has 0 aliphatic heterocycles. The molecular formula is C32H58O2. The quantitative estimate of drug-likeness (QED) is 0.427. The van der Waals surface area contributed by atoms with Gasteiger partial charge in [0.25, 0.3) is 0 Å². The van der Waals surface area contributed by atoms with E-state index in [1.54, 1.807) is 26.3 Å². The van der Waals surface area contributed by atoms with Crippen molar-refractivity contribution in [2.75, 3.05) is 0 Å². The predicted octanol–water partition coefficient (Wildman–Crippen LogP) is 8.87. The highest BCUT2D eigenvalue weighted by atomic mass is 16.3. The normalized spacial score (nSPS) is 38.3. The Kier molecular flexibility index (Phi) is 10.1. The maximum Gasteiger partial charge on any atom is 0.0578 e. The highest BCUT2D eigenvalue weighted by Crippen LogP contribution is 2.63. The van der Waals surface area contributed by atoms with Crippen LogP contribution >= 0.6 is 0 Å². The second-order valence-electron chi connectivity index (χ2n) is 13.5. The Balaban J connectivity index is 0.000000619. The van der Waals surface area contributed by atoms with E-state index in [0.717, 1.165) is 36.5 Å². The van der Waals surface area contributed by atoms with E-state index in [-0.39, 0.29) is 13.5 Å². The van der Waals surface area contributed by atoms with Gasteiger partial charge in [0, 0.05) is 0 Å². The van der Waals surface area contributed by atoms with Crippen molar-refractivity contribution in [2.45, 2.75) is 145 Å². The van der Waals surface area contributed by atoms with Crippen LogP contribution in [0.5, 0.6) is 0 Å². The molecule has 0 saturated heterocycles. The molecule has 0 aromatic carbocycles. The van der Waals surface area contributed by atoms with Crippen molar-refractivity contribution in [3.8, 4) is 0 Å². The van der Waals surface area contributed by atoms with Crippen LogP contribution in [0, 0.1) is 34.5 Å². The monoisotopic (exact) mass is 474 g/mol. The molecule has 0 radical (unpaired) electrons. The largest absolute Gasteiger partial charge is 0.393 e. The van der Waals surface area contributed by atoms with Gasteiger partial charge in [0.2, 0.25) is 0 Å². The van der Waals surface area contributed by atoms with Crippen molar-refractivity contribution < 1.29 is 10.2 Å². The first-order valence-electron chi connectivity index (χ1n) is 14.2. The minimum atomic E-state index is -0.500. The number of allylic oxidation sites excluding steroid dienone is 3. The van der Waals surface area contributed by atoms with E-state index < -0.39 is 5.60 Å². The Bertz CT molecular complexity index is 707. The maximum atomic E-state index is 10.2. The number of unbranched alkanes of at least 4 members (excludes halogenated alkanes) is 1. The Morgan fingerprint density at radius 3 is 2.29 bits per heavy atom. The molecule has 0 heterocycles. The molecule has 4 aliphatic rings. The Morgan fingerprint density at radius 2 is 1.65 bits per heavy atom. The molecule has 4 aliphatic carbocycles. The van der Waals surface area contributed by atoms with Crippen molar-refractivity contribution in [1.29, 1.82) is 0 Å².